The number of ether oxygens (including phenoxy) is 1. The minimum atomic E-state index is -0.773. The van der Waals surface area contributed by atoms with Crippen LogP contribution in [0.2, 0.25) is 0 Å². The number of aromatic amines is 1. The Balaban J connectivity index is 0. The van der Waals surface area contributed by atoms with Crippen molar-refractivity contribution < 1.29 is 9.53 Å². The van der Waals surface area contributed by atoms with Gasteiger partial charge in [0.2, 0.25) is 0 Å². The van der Waals surface area contributed by atoms with Gasteiger partial charge in [-0.25, -0.2) is 14.6 Å². The van der Waals surface area contributed by atoms with Crippen molar-refractivity contribution in [3.63, 3.8) is 0 Å². The molecular weight excluding hydrogens is 352 g/mol. The lowest BCUT2D eigenvalue weighted by molar-refractivity contribution is 0.198. The van der Waals surface area contributed by atoms with E-state index in [-0.39, 0.29) is 9.75 Å². The zero-order chi connectivity index (χ0) is 17.7. The maximum absolute atomic E-state index is 10.6. The summed E-state index contributed by atoms with van der Waals surface area (Å²) in [6.45, 7) is 7.59. The van der Waals surface area contributed by atoms with Gasteiger partial charge in [-0.3, -0.25) is 9.59 Å². The van der Waals surface area contributed by atoms with Gasteiger partial charge < -0.3 is 4.74 Å². The van der Waals surface area contributed by atoms with Crippen LogP contribution in [0.3, 0.4) is 0 Å². The van der Waals surface area contributed by atoms with Crippen LogP contribution < -0.4 is 9.75 Å². The number of carbonyl (C=O) groups excluding carboxylic acids is 1. The molecule has 0 bridgehead atoms. The fourth-order valence-corrected chi connectivity index (χ4v) is 1.81. The summed E-state index contributed by atoms with van der Waals surface area (Å²) in [5, 5.41) is 11.3. The van der Waals surface area contributed by atoms with Gasteiger partial charge in [-0.15, -0.1) is 0 Å². The molecule has 2 aromatic rings. The van der Waals surface area contributed by atoms with E-state index in [9.17, 15) is 14.4 Å². The van der Waals surface area contributed by atoms with Crippen LogP contribution in [0.25, 0.3) is 0 Å². The molecule has 0 aliphatic rings. The van der Waals surface area contributed by atoms with Gasteiger partial charge in [-0.05, 0) is 13.8 Å². The highest BCUT2D eigenvalue weighted by Gasteiger charge is 1.93. The molecule has 0 amide bonds. The first-order chi connectivity index (χ1) is 10.3. The Morgan fingerprint density at radius 3 is 1.82 bits per heavy atom. The third-order valence-corrected chi connectivity index (χ3v) is 3.13. The van der Waals surface area contributed by atoms with E-state index in [1.54, 1.807) is 14.0 Å². The molecule has 2 rings (SSSR count). The predicted octanol–water partition coefficient (Wildman–Crippen LogP) is 2.31. The number of hydrogen-bond donors (Lipinski definition) is 1. The SMILES string of the molecule is CC.COC(=O)Cl.Cc1n[nH]c(=O)s1.Cc1nn(C)c(=O)s1. The van der Waals surface area contributed by atoms with Crippen LogP contribution in [0.1, 0.15) is 23.9 Å². The topological polar surface area (TPSA) is 107 Å². The van der Waals surface area contributed by atoms with Crippen molar-refractivity contribution in [3.05, 3.63) is 29.4 Å². The number of aromatic nitrogens is 4. The van der Waals surface area contributed by atoms with Crippen molar-refractivity contribution >= 4 is 39.7 Å². The largest absolute Gasteiger partial charge is 0.457 e. The summed E-state index contributed by atoms with van der Waals surface area (Å²) in [6.07, 6.45) is 0. The summed E-state index contributed by atoms with van der Waals surface area (Å²) in [4.78, 5) is 30.0. The molecule has 0 saturated heterocycles. The Morgan fingerprint density at radius 2 is 1.73 bits per heavy atom. The summed E-state index contributed by atoms with van der Waals surface area (Å²) in [5.41, 5.74) is -0.773. The van der Waals surface area contributed by atoms with Crippen molar-refractivity contribution in [3.8, 4) is 0 Å². The number of aryl methyl sites for hydroxylation is 3. The van der Waals surface area contributed by atoms with E-state index in [1.165, 1.54) is 23.1 Å². The van der Waals surface area contributed by atoms with Crippen LogP contribution in [0, 0.1) is 13.8 Å². The molecule has 0 radical (unpaired) electrons. The predicted molar refractivity (Wildman–Crippen MR) is 89.2 cm³/mol. The van der Waals surface area contributed by atoms with Crippen LogP contribution in [-0.4, -0.2) is 32.5 Å². The number of nitrogens with one attached hydrogen (secondary N) is 1. The summed E-state index contributed by atoms with van der Waals surface area (Å²) >= 11 is 6.89. The number of methoxy groups -OCH3 is 1. The first-order valence-corrected chi connectivity index (χ1v) is 8.03. The average Bonchev–Trinajstić information content (AvgIpc) is 2.98. The molecule has 22 heavy (non-hydrogen) atoms. The number of halogens is 1. The molecule has 1 N–H and O–H groups in total. The average molecular weight is 371 g/mol. The Hall–Kier alpha value is -1.52. The summed E-state index contributed by atoms with van der Waals surface area (Å²) in [6, 6.07) is 0. The maximum atomic E-state index is 10.6. The van der Waals surface area contributed by atoms with Crippen LogP contribution in [-0.2, 0) is 11.8 Å². The van der Waals surface area contributed by atoms with Crippen molar-refractivity contribution in [2.75, 3.05) is 7.11 Å². The second kappa shape index (κ2) is 13.2. The van der Waals surface area contributed by atoms with Crippen LogP contribution in [0.15, 0.2) is 9.59 Å². The van der Waals surface area contributed by atoms with E-state index in [2.05, 4.69) is 31.6 Å². The molecule has 2 heterocycles. The Morgan fingerprint density at radius 1 is 1.23 bits per heavy atom. The van der Waals surface area contributed by atoms with Crippen molar-refractivity contribution in [2.45, 2.75) is 27.7 Å². The zero-order valence-electron chi connectivity index (χ0n) is 13.2. The molecule has 11 heteroatoms. The standard InChI is InChI=1S/C4H6N2OS.C3H4N2OS.C2H3ClO2.C2H6/c1-3-5-6(2)4(7)8-3;1-2-4-5-3(6)7-2;1-5-2(3)4;1-2/h1-2H3;1H3,(H,5,6);1H3;1-2H3. The van der Waals surface area contributed by atoms with Crippen LogP contribution in [0.4, 0.5) is 4.79 Å². The number of nitrogens with zero attached hydrogens (tertiary/aromatic N) is 3. The van der Waals surface area contributed by atoms with E-state index in [0.29, 0.717) is 0 Å². The van der Waals surface area contributed by atoms with Crippen LogP contribution >= 0.6 is 34.3 Å². The molecule has 0 saturated carbocycles. The van der Waals surface area contributed by atoms with E-state index in [1.807, 2.05) is 20.8 Å². The second-order valence-electron chi connectivity index (χ2n) is 3.08. The van der Waals surface area contributed by atoms with Gasteiger partial charge in [0.15, 0.2) is 0 Å². The lowest BCUT2D eigenvalue weighted by Crippen LogP contribution is -2.08. The molecule has 0 aliphatic heterocycles. The van der Waals surface area contributed by atoms with Gasteiger partial charge >= 0.3 is 15.2 Å². The fraction of sp³-hybridized carbons (Fsp3) is 0.545. The molecule has 0 unspecified atom stereocenters. The smallest absolute Gasteiger partial charge is 0.403 e. The van der Waals surface area contributed by atoms with Crippen molar-refractivity contribution in [1.29, 1.82) is 0 Å². The van der Waals surface area contributed by atoms with Gasteiger partial charge in [-0.2, -0.15) is 10.2 Å². The molecule has 0 aromatic carbocycles. The molecule has 126 valence electrons. The highest BCUT2D eigenvalue weighted by atomic mass is 35.5. The number of rotatable bonds is 0. The van der Waals surface area contributed by atoms with Gasteiger partial charge in [-0.1, -0.05) is 36.5 Å². The molecule has 0 fully saturated rings. The van der Waals surface area contributed by atoms with E-state index >= 15 is 0 Å². The van der Waals surface area contributed by atoms with Crippen molar-refractivity contribution in [1.82, 2.24) is 20.0 Å². The minimum Gasteiger partial charge on any atom is -0.457 e. The Labute approximate surface area is 140 Å². The van der Waals surface area contributed by atoms with Gasteiger partial charge in [0, 0.05) is 18.6 Å². The first kappa shape index (κ1) is 22.8. The molecule has 8 nitrogen and oxygen atoms in total. The Bertz CT molecular complexity index is 647. The summed E-state index contributed by atoms with van der Waals surface area (Å²) in [7, 11) is 2.86. The highest BCUT2D eigenvalue weighted by Crippen LogP contribution is 1.91. The number of carbonyl (C=O) groups is 1. The third kappa shape index (κ3) is 12.2. The normalized spacial score (nSPS) is 8.32. The summed E-state index contributed by atoms with van der Waals surface area (Å²) in [5.74, 6) is 0. The third-order valence-electron chi connectivity index (χ3n) is 1.50. The van der Waals surface area contributed by atoms with Gasteiger partial charge in [0.05, 0.1) is 7.11 Å². The number of hydrogen-bond acceptors (Lipinski definition) is 8. The fourth-order valence-electron chi connectivity index (χ4n) is 0.769. The highest BCUT2D eigenvalue weighted by molar-refractivity contribution is 7.09. The van der Waals surface area contributed by atoms with Crippen molar-refractivity contribution in [2.24, 2.45) is 7.05 Å². The Kier molecular flexibility index (Phi) is 13.6. The first-order valence-electron chi connectivity index (χ1n) is 6.02. The maximum Gasteiger partial charge on any atom is 0.403 e. The minimum absolute atomic E-state index is 0.00231. The van der Waals surface area contributed by atoms with E-state index in [4.69, 9.17) is 0 Å². The lowest BCUT2D eigenvalue weighted by Gasteiger charge is -1.77. The van der Waals surface area contributed by atoms with Crippen LogP contribution in [0.5, 0.6) is 0 Å². The quantitative estimate of drug-likeness (QED) is 0.713. The van der Waals surface area contributed by atoms with Gasteiger partial charge in [0.1, 0.15) is 10.0 Å². The zero-order valence-corrected chi connectivity index (χ0v) is 15.6. The number of H-pyrrole nitrogens is 1. The van der Waals surface area contributed by atoms with Gasteiger partial charge in [0.25, 0.3) is 0 Å². The van der Waals surface area contributed by atoms with E-state index in [0.717, 1.165) is 21.4 Å². The second-order valence-corrected chi connectivity index (χ2v) is 5.70. The molecular formula is C11H19ClN4O4S2. The molecule has 0 spiro atoms. The molecule has 0 atom stereocenters. The van der Waals surface area contributed by atoms with E-state index < -0.39 is 5.43 Å². The molecule has 0 aliphatic carbocycles. The monoisotopic (exact) mass is 370 g/mol. The molecule has 2 aromatic heterocycles. The summed E-state index contributed by atoms with van der Waals surface area (Å²) < 4.78 is 5.21. The lowest BCUT2D eigenvalue weighted by atomic mass is 10.9.